The van der Waals surface area contributed by atoms with Crippen LogP contribution in [0.2, 0.25) is 0 Å². The summed E-state index contributed by atoms with van der Waals surface area (Å²) >= 11 is 0. The lowest BCUT2D eigenvalue weighted by atomic mass is 10.3. The van der Waals surface area contributed by atoms with Gasteiger partial charge in [0.15, 0.2) is 0 Å². The van der Waals surface area contributed by atoms with E-state index in [9.17, 15) is 0 Å². The van der Waals surface area contributed by atoms with Gasteiger partial charge in [0.2, 0.25) is 0 Å². The van der Waals surface area contributed by atoms with Crippen molar-refractivity contribution in [2.75, 3.05) is 5.32 Å². The number of hydrogen-bond acceptors (Lipinski definition) is 4. The topological polar surface area (TPSA) is 66.5 Å². The van der Waals surface area contributed by atoms with Gasteiger partial charge in [-0.25, -0.2) is 4.98 Å². The average Bonchev–Trinajstić information content (AvgIpc) is 2.79. The summed E-state index contributed by atoms with van der Waals surface area (Å²) in [5, 5.41) is 16.0. The highest BCUT2D eigenvalue weighted by Crippen LogP contribution is 2.16. The standard InChI is InChI=1S/C12H13N5/c1-9(2)17-8-12(7-15-17)16-11-4-3-10(5-13)14-6-11/h3-4,6-9,16H,1-2H3. The van der Waals surface area contributed by atoms with Gasteiger partial charge in [-0.15, -0.1) is 0 Å². The Morgan fingerprint density at radius 1 is 1.29 bits per heavy atom. The molecule has 0 aliphatic rings. The van der Waals surface area contributed by atoms with Crippen molar-refractivity contribution in [3.63, 3.8) is 0 Å². The van der Waals surface area contributed by atoms with Crippen molar-refractivity contribution in [1.29, 1.82) is 5.26 Å². The van der Waals surface area contributed by atoms with E-state index in [1.165, 1.54) is 0 Å². The van der Waals surface area contributed by atoms with Crippen molar-refractivity contribution in [1.82, 2.24) is 14.8 Å². The van der Waals surface area contributed by atoms with Crippen molar-refractivity contribution in [2.45, 2.75) is 19.9 Å². The van der Waals surface area contributed by atoms with Crippen LogP contribution in [0.1, 0.15) is 25.6 Å². The molecule has 0 aliphatic heterocycles. The largest absolute Gasteiger partial charge is 0.352 e. The van der Waals surface area contributed by atoms with E-state index in [1.54, 1.807) is 18.5 Å². The van der Waals surface area contributed by atoms with Gasteiger partial charge in [0.1, 0.15) is 11.8 Å². The Labute approximate surface area is 99.7 Å². The number of aromatic nitrogens is 3. The van der Waals surface area contributed by atoms with Crippen LogP contribution in [0.15, 0.2) is 30.7 Å². The van der Waals surface area contributed by atoms with Gasteiger partial charge in [0, 0.05) is 12.2 Å². The van der Waals surface area contributed by atoms with Gasteiger partial charge < -0.3 is 5.32 Å². The molecule has 0 amide bonds. The summed E-state index contributed by atoms with van der Waals surface area (Å²) in [4.78, 5) is 3.98. The Balaban J connectivity index is 2.11. The van der Waals surface area contributed by atoms with Gasteiger partial charge in [-0.05, 0) is 26.0 Å². The zero-order valence-corrected chi connectivity index (χ0v) is 9.75. The Morgan fingerprint density at radius 2 is 2.12 bits per heavy atom. The zero-order valence-electron chi connectivity index (χ0n) is 9.75. The first kappa shape index (κ1) is 11.1. The molecule has 0 aromatic carbocycles. The highest BCUT2D eigenvalue weighted by Gasteiger charge is 2.02. The van der Waals surface area contributed by atoms with Crippen LogP contribution in [0.3, 0.4) is 0 Å². The van der Waals surface area contributed by atoms with E-state index >= 15 is 0 Å². The highest BCUT2D eigenvalue weighted by molar-refractivity contribution is 5.57. The Hall–Kier alpha value is -2.35. The number of nitriles is 1. The molecule has 0 unspecified atom stereocenters. The second kappa shape index (κ2) is 4.66. The summed E-state index contributed by atoms with van der Waals surface area (Å²) in [5.74, 6) is 0. The number of nitrogens with one attached hydrogen (secondary N) is 1. The molecule has 0 aliphatic carbocycles. The Kier molecular flexibility index (Phi) is 3.06. The normalized spacial score (nSPS) is 10.2. The summed E-state index contributed by atoms with van der Waals surface area (Å²) < 4.78 is 1.87. The molecule has 2 aromatic heterocycles. The lowest BCUT2D eigenvalue weighted by Gasteiger charge is -2.04. The molecule has 2 heterocycles. The quantitative estimate of drug-likeness (QED) is 0.874. The molecule has 86 valence electrons. The number of nitrogens with zero attached hydrogens (tertiary/aromatic N) is 4. The first-order chi connectivity index (χ1) is 8.19. The predicted octanol–water partition coefficient (Wildman–Crippen LogP) is 2.47. The number of anilines is 2. The lowest BCUT2D eigenvalue weighted by molar-refractivity contribution is 0.532. The van der Waals surface area contributed by atoms with E-state index in [4.69, 9.17) is 5.26 Å². The third-order valence-corrected chi connectivity index (χ3v) is 2.30. The van der Waals surface area contributed by atoms with Gasteiger partial charge >= 0.3 is 0 Å². The van der Waals surface area contributed by atoms with Crippen molar-refractivity contribution < 1.29 is 0 Å². The van der Waals surface area contributed by atoms with E-state index in [0.717, 1.165) is 11.4 Å². The maximum absolute atomic E-state index is 8.64. The van der Waals surface area contributed by atoms with E-state index in [2.05, 4.69) is 29.2 Å². The minimum Gasteiger partial charge on any atom is -0.352 e. The molecule has 0 fully saturated rings. The van der Waals surface area contributed by atoms with Crippen LogP contribution in [0, 0.1) is 11.3 Å². The van der Waals surface area contributed by atoms with Gasteiger partial charge in [-0.3, -0.25) is 4.68 Å². The number of hydrogen-bond donors (Lipinski definition) is 1. The maximum Gasteiger partial charge on any atom is 0.140 e. The van der Waals surface area contributed by atoms with Gasteiger partial charge in [0.25, 0.3) is 0 Å². The predicted molar refractivity (Wildman–Crippen MR) is 64.8 cm³/mol. The molecule has 2 aromatic rings. The summed E-state index contributed by atoms with van der Waals surface area (Å²) in [6.45, 7) is 4.14. The number of pyridine rings is 1. The van der Waals surface area contributed by atoms with E-state index in [0.29, 0.717) is 11.7 Å². The van der Waals surface area contributed by atoms with Crippen molar-refractivity contribution >= 4 is 11.4 Å². The maximum atomic E-state index is 8.64. The lowest BCUT2D eigenvalue weighted by Crippen LogP contribution is -1.99. The molecule has 5 nitrogen and oxygen atoms in total. The molecule has 0 saturated heterocycles. The summed E-state index contributed by atoms with van der Waals surface area (Å²) in [6, 6.07) is 5.81. The minimum atomic E-state index is 0.338. The molecule has 17 heavy (non-hydrogen) atoms. The smallest absolute Gasteiger partial charge is 0.140 e. The van der Waals surface area contributed by atoms with Crippen LogP contribution in [-0.4, -0.2) is 14.8 Å². The van der Waals surface area contributed by atoms with Crippen molar-refractivity contribution in [3.8, 4) is 6.07 Å². The fourth-order valence-electron chi connectivity index (χ4n) is 1.39. The molecule has 0 radical (unpaired) electrons. The van der Waals surface area contributed by atoms with E-state index in [1.807, 2.05) is 23.0 Å². The summed E-state index contributed by atoms with van der Waals surface area (Å²) in [7, 11) is 0. The monoisotopic (exact) mass is 227 g/mol. The Bertz CT molecular complexity index is 533. The van der Waals surface area contributed by atoms with Gasteiger partial charge in [-0.2, -0.15) is 10.4 Å². The summed E-state index contributed by atoms with van der Waals surface area (Å²) in [6.07, 6.45) is 5.33. The van der Waals surface area contributed by atoms with Gasteiger partial charge in [0.05, 0.1) is 23.8 Å². The van der Waals surface area contributed by atoms with Crippen LogP contribution in [0.5, 0.6) is 0 Å². The second-order valence-electron chi connectivity index (χ2n) is 3.97. The third kappa shape index (κ3) is 2.61. The van der Waals surface area contributed by atoms with Gasteiger partial charge in [-0.1, -0.05) is 0 Å². The number of rotatable bonds is 3. The van der Waals surface area contributed by atoms with Crippen LogP contribution < -0.4 is 5.32 Å². The molecule has 5 heteroatoms. The first-order valence-corrected chi connectivity index (χ1v) is 5.36. The third-order valence-electron chi connectivity index (χ3n) is 2.30. The van der Waals surface area contributed by atoms with Crippen LogP contribution in [0.4, 0.5) is 11.4 Å². The molecule has 1 N–H and O–H groups in total. The van der Waals surface area contributed by atoms with Crippen LogP contribution >= 0.6 is 0 Å². The molecule has 0 spiro atoms. The second-order valence-corrected chi connectivity index (χ2v) is 3.97. The first-order valence-electron chi connectivity index (χ1n) is 5.36. The van der Waals surface area contributed by atoms with Crippen LogP contribution in [0.25, 0.3) is 0 Å². The average molecular weight is 227 g/mol. The zero-order chi connectivity index (χ0) is 12.3. The van der Waals surface area contributed by atoms with E-state index in [-0.39, 0.29) is 0 Å². The summed E-state index contributed by atoms with van der Waals surface area (Å²) in [5.41, 5.74) is 2.16. The Morgan fingerprint density at radius 3 is 2.65 bits per heavy atom. The molecule has 2 rings (SSSR count). The minimum absolute atomic E-state index is 0.338. The van der Waals surface area contributed by atoms with Crippen molar-refractivity contribution in [3.05, 3.63) is 36.4 Å². The molecule has 0 bridgehead atoms. The molecule has 0 saturated carbocycles. The molecule has 0 atom stereocenters. The SMILES string of the molecule is CC(C)n1cc(Nc2ccc(C#N)nc2)cn1. The molecular weight excluding hydrogens is 214 g/mol. The van der Waals surface area contributed by atoms with E-state index < -0.39 is 0 Å². The van der Waals surface area contributed by atoms with Crippen molar-refractivity contribution in [2.24, 2.45) is 0 Å². The highest BCUT2D eigenvalue weighted by atomic mass is 15.3. The van der Waals surface area contributed by atoms with Crippen LogP contribution in [-0.2, 0) is 0 Å². The fourth-order valence-corrected chi connectivity index (χ4v) is 1.39. The fraction of sp³-hybridized carbons (Fsp3) is 0.250. The molecular formula is C12H13N5.